The number of aromatic nitrogens is 2. The number of sulfone groups is 1. The van der Waals surface area contributed by atoms with E-state index < -0.39 is 9.84 Å². The molecule has 2 heterocycles. The fourth-order valence-corrected chi connectivity index (χ4v) is 3.96. The first-order valence-electron chi connectivity index (χ1n) is 6.48. The van der Waals surface area contributed by atoms with E-state index in [0.29, 0.717) is 12.2 Å². The van der Waals surface area contributed by atoms with Crippen LogP contribution in [-0.2, 0) is 9.84 Å². The molecule has 20 heavy (non-hydrogen) atoms. The van der Waals surface area contributed by atoms with Gasteiger partial charge in [0.15, 0.2) is 9.84 Å². The molecule has 0 aliphatic carbocycles. The molecule has 1 aliphatic heterocycles. The number of rotatable bonds is 3. The van der Waals surface area contributed by atoms with Crippen molar-refractivity contribution in [2.45, 2.75) is 12.5 Å². The molecule has 0 unspecified atom stereocenters. The molecule has 0 bridgehead atoms. The van der Waals surface area contributed by atoms with E-state index in [2.05, 4.69) is 15.5 Å². The Hall–Kier alpha value is -1.95. The summed E-state index contributed by atoms with van der Waals surface area (Å²) in [5.74, 6) is 1.04. The van der Waals surface area contributed by atoms with E-state index in [9.17, 15) is 8.42 Å². The molecule has 0 saturated carbocycles. The fraction of sp³-hybridized carbons (Fsp3) is 0.286. The van der Waals surface area contributed by atoms with Gasteiger partial charge in [-0.1, -0.05) is 30.3 Å². The van der Waals surface area contributed by atoms with E-state index in [-0.39, 0.29) is 17.5 Å². The summed E-state index contributed by atoms with van der Waals surface area (Å²) < 4.78 is 22.8. The van der Waals surface area contributed by atoms with E-state index in [1.165, 1.54) is 0 Å². The van der Waals surface area contributed by atoms with Crippen molar-refractivity contribution >= 4 is 15.7 Å². The fourth-order valence-electron chi connectivity index (χ4n) is 2.29. The molecule has 0 spiro atoms. The molecule has 1 N–H and O–H groups in total. The Balaban J connectivity index is 1.71. The van der Waals surface area contributed by atoms with Crippen molar-refractivity contribution in [2.24, 2.45) is 0 Å². The van der Waals surface area contributed by atoms with Crippen molar-refractivity contribution in [1.29, 1.82) is 0 Å². The lowest BCUT2D eigenvalue weighted by atomic mass is 10.1. The van der Waals surface area contributed by atoms with Crippen molar-refractivity contribution in [3.63, 3.8) is 0 Å². The van der Waals surface area contributed by atoms with Crippen LogP contribution in [0.3, 0.4) is 0 Å². The van der Waals surface area contributed by atoms with Gasteiger partial charge in [-0.2, -0.15) is 0 Å². The number of hydrogen-bond donors (Lipinski definition) is 1. The summed E-state index contributed by atoms with van der Waals surface area (Å²) in [6.45, 7) is 0. The molecule has 1 aliphatic rings. The maximum absolute atomic E-state index is 11.4. The summed E-state index contributed by atoms with van der Waals surface area (Å²) in [5, 5.41) is 11.4. The lowest BCUT2D eigenvalue weighted by molar-refractivity contribution is 0.602. The summed E-state index contributed by atoms with van der Waals surface area (Å²) in [6, 6.07) is 13.5. The highest BCUT2D eigenvalue weighted by atomic mass is 32.2. The molecule has 1 aromatic heterocycles. The predicted molar refractivity (Wildman–Crippen MR) is 78.1 cm³/mol. The molecule has 0 radical (unpaired) electrons. The molecule has 0 amide bonds. The van der Waals surface area contributed by atoms with Crippen LogP contribution in [0, 0.1) is 0 Å². The number of hydrogen-bond acceptors (Lipinski definition) is 5. The number of nitrogens with zero attached hydrogens (tertiary/aromatic N) is 2. The van der Waals surface area contributed by atoms with Gasteiger partial charge in [0, 0.05) is 11.6 Å². The van der Waals surface area contributed by atoms with Crippen molar-refractivity contribution in [3.05, 3.63) is 42.5 Å². The summed E-state index contributed by atoms with van der Waals surface area (Å²) >= 11 is 0. The van der Waals surface area contributed by atoms with Crippen molar-refractivity contribution < 1.29 is 8.42 Å². The first kappa shape index (κ1) is 13.1. The third-order valence-corrected chi connectivity index (χ3v) is 5.09. The van der Waals surface area contributed by atoms with Gasteiger partial charge in [-0.25, -0.2) is 8.42 Å². The smallest absolute Gasteiger partial charge is 0.152 e. The normalized spacial score (nSPS) is 20.7. The highest BCUT2D eigenvalue weighted by Gasteiger charge is 2.27. The number of benzene rings is 1. The quantitative estimate of drug-likeness (QED) is 0.932. The lowest BCUT2D eigenvalue weighted by Crippen LogP contribution is -2.21. The van der Waals surface area contributed by atoms with Crippen LogP contribution in [0.1, 0.15) is 6.42 Å². The molecule has 1 fully saturated rings. The molecule has 6 heteroatoms. The monoisotopic (exact) mass is 289 g/mol. The SMILES string of the molecule is O=S1(=O)CC[C@@H](Nc2ccc(-c3ccccc3)nn2)C1. The molecule has 2 aromatic rings. The van der Waals surface area contributed by atoms with Crippen LogP contribution in [-0.4, -0.2) is 36.2 Å². The Kier molecular flexibility index (Phi) is 3.40. The zero-order valence-corrected chi connectivity index (χ0v) is 11.7. The van der Waals surface area contributed by atoms with Gasteiger partial charge < -0.3 is 5.32 Å². The van der Waals surface area contributed by atoms with Gasteiger partial charge in [0.2, 0.25) is 0 Å². The summed E-state index contributed by atoms with van der Waals surface area (Å²) in [7, 11) is -2.88. The second-order valence-corrected chi connectivity index (χ2v) is 7.14. The Morgan fingerprint density at radius 1 is 1.05 bits per heavy atom. The van der Waals surface area contributed by atoms with E-state index in [4.69, 9.17) is 0 Å². The van der Waals surface area contributed by atoms with Gasteiger partial charge in [0.25, 0.3) is 0 Å². The highest BCUT2D eigenvalue weighted by molar-refractivity contribution is 7.91. The standard InChI is InChI=1S/C14H15N3O2S/c18-20(19)9-8-12(10-20)15-14-7-6-13(16-17-14)11-4-2-1-3-5-11/h1-7,12H,8-10H2,(H,15,17)/t12-/m1/s1. The van der Waals surface area contributed by atoms with Gasteiger partial charge in [0.1, 0.15) is 5.82 Å². The van der Waals surface area contributed by atoms with E-state index in [0.717, 1.165) is 11.3 Å². The minimum Gasteiger partial charge on any atom is -0.365 e. The third-order valence-electron chi connectivity index (χ3n) is 3.32. The van der Waals surface area contributed by atoms with Crippen molar-refractivity contribution in [2.75, 3.05) is 16.8 Å². The van der Waals surface area contributed by atoms with E-state index >= 15 is 0 Å². The van der Waals surface area contributed by atoms with Crippen LogP contribution in [0.25, 0.3) is 11.3 Å². The Labute approximate surface area is 118 Å². The largest absolute Gasteiger partial charge is 0.365 e. The second-order valence-electron chi connectivity index (χ2n) is 4.91. The maximum Gasteiger partial charge on any atom is 0.152 e. The molecule has 1 aromatic carbocycles. The van der Waals surface area contributed by atoms with Crippen LogP contribution in [0.4, 0.5) is 5.82 Å². The summed E-state index contributed by atoms with van der Waals surface area (Å²) in [5.41, 5.74) is 1.81. The van der Waals surface area contributed by atoms with Crippen LogP contribution in [0.2, 0.25) is 0 Å². The van der Waals surface area contributed by atoms with Crippen LogP contribution < -0.4 is 5.32 Å². The van der Waals surface area contributed by atoms with Crippen molar-refractivity contribution in [3.8, 4) is 11.3 Å². The first-order chi connectivity index (χ1) is 9.62. The maximum atomic E-state index is 11.4. The Morgan fingerprint density at radius 2 is 1.85 bits per heavy atom. The van der Waals surface area contributed by atoms with E-state index in [1.54, 1.807) is 0 Å². The molecule has 3 rings (SSSR count). The first-order valence-corrected chi connectivity index (χ1v) is 8.31. The lowest BCUT2D eigenvalue weighted by Gasteiger charge is -2.10. The minimum atomic E-state index is -2.88. The van der Waals surface area contributed by atoms with Gasteiger partial charge in [-0.3, -0.25) is 0 Å². The molecule has 104 valence electrons. The molecule has 1 saturated heterocycles. The summed E-state index contributed by atoms with van der Waals surface area (Å²) in [6.07, 6.45) is 0.629. The predicted octanol–water partition coefficient (Wildman–Crippen LogP) is 1.74. The topological polar surface area (TPSA) is 72.0 Å². The second kappa shape index (κ2) is 5.20. The van der Waals surface area contributed by atoms with E-state index in [1.807, 2.05) is 42.5 Å². The zero-order chi connectivity index (χ0) is 14.0. The van der Waals surface area contributed by atoms with Gasteiger partial charge >= 0.3 is 0 Å². The average molecular weight is 289 g/mol. The van der Waals surface area contributed by atoms with Crippen molar-refractivity contribution in [1.82, 2.24) is 10.2 Å². The van der Waals surface area contributed by atoms with Gasteiger partial charge in [-0.15, -0.1) is 10.2 Å². The molecule has 1 atom stereocenters. The summed E-state index contributed by atoms with van der Waals surface area (Å²) in [4.78, 5) is 0. The van der Waals surface area contributed by atoms with Crippen LogP contribution >= 0.6 is 0 Å². The Morgan fingerprint density at radius 3 is 2.45 bits per heavy atom. The molecular formula is C14H15N3O2S. The minimum absolute atomic E-state index is 0.0584. The highest BCUT2D eigenvalue weighted by Crippen LogP contribution is 2.19. The van der Waals surface area contributed by atoms with Crippen LogP contribution in [0.5, 0.6) is 0 Å². The third kappa shape index (κ3) is 2.96. The average Bonchev–Trinajstić information content (AvgIpc) is 2.80. The number of anilines is 1. The molecular weight excluding hydrogens is 274 g/mol. The zero-order valence-electron chi connectivity index (χ0n) is 10.9. The van der Waals surface area contributed by atoms with Crippen LogP contribution in [0.15, 0.2) is 42.5 Å². The van der Waals surface area contributed by atoms with Gasteiger partial charge in [0.05, 0.1) is 17.2 Å². The molecule has 5 nitrogen and oxygen atoms in total. The number of nitrogens with one attached hydrogen (secondary N) is 1. The van der Waals surface area contributed by atoms with Gasteiger partial charge in [-0.05, 0) is 18.6 Å². The Bertz CT molecular complexity index is 684.